The molecule has 2 rings (SSSR count). The summed E-state index contributed by atoms with van der Waals surface area (Å²) in [5.41, 5.74) is 5.80. The van der Waals surface area contributed by atoms with Crippen molar-refractivity contribution in [2.24, 2.45) is 0 Å². The van der Waals surface area contributed by atoms with Crippen molar-refractivity contribution in [1.29, 1.82) is 0 Å². The number of nitrogens with two attached hydrogens (primary N) is 1. The van der Waals surface area contributed by atoms with Gasteiger partial charge in [0.2, 0.25) is 0 Å². The molecular weight excluding hydrogens is 318 g/mol. The Bertz CT molecular complexity index is 647. The van der Waals surface area contributed by atoms with Gasteiger partial charge in [0.15, 0.2) is 0 Å². The van der Waals surface area contributed by atoms with Crippen LogP contribution in [0.2, 0.25) is 0 Å². The molecule has 2 aromatic carbocycles. The number of anilines is 2. The van der Waals surface area contributed by atoms with E-state index >= 15 is 0 Å². The molecule has 1 amide bonds. The highest BCUT2D eigenvalue weighted by Gasteiger charge is 2.13. The Morgan fingerprint density at radius 2 is 1.84 bits per heavy atom. The van der Waals surface area contributed by atoms with Gasteiger partial charge in [-0.25, -0.2) is 8.78 Å². The van der Waals surface area contributed by atoms with Crippen molar-refractivity contribution in [3.8, 4) is 0 Å². The van der Waals surface area contributed by atoms with Gasteiger partial charge < -0.3 is 11.1 Å². The third kappa shape index (κ3) is 3.08. The van der Waals surface area contributed by atoms with Crippen LogP contribution in [0.4, 0.5) is 20.2 Å². The quantitative estimate of drug-likeness (QED) is 0.829. The summed E-state index contributed by atoms with van der Waals surface area (Å²) in [6.45, 7) is 0. The highest BCUT2D eigenvalue weighted by atomic mass is 79.9. The second-order valence-electron chi connectivity index (χ2n) is 3.82. The molecule has 0 bridgehead atoms. The Morgan fingerprint density at radius 1 is 1.11 bits per heavy atom. The van der Waals surface area contributed by atoms with E-state index in [2.05, 4.69) is 21.2 Å². The maximum atomic E-state index is 13.5. The molecule has 3 nitrogen and oxygen atoms in total. The predicted molar refractivity (Wildman–Crippen MR) is 72.9 cm³/mol. The number of nitrogen functional groups attached to an aromatic ring is 1. The number of nitrogens with one attached hydrogen (secondary N) is 1. The maximum Gasteiger partial charge on any atom is 0.258 e. The fraction of sp³-hybridized carbons (Fsp3) is 0. The first-order chi connectivity index (χ1) is 8.97. The highest BCUT2D eigenvalue weighted by Crippen LogP contribution is 2.20. The van der Waals surface area contributed by atoms with Crippen molar-refractivity contribution < 1.29 is 13.6 Å². The van der Waals surface area contributed by atoms with Gasteiger partial charge in [-0.3, -0.25) is 4.79 Å². The average Bonchev–Trinajstić information content (AvgIpc) is 2.36. The van der Waals surface area contributed by atoms with Crippen molar-refractivity contribution in [3.63, 3.8) is 0 Å². The summed E-state index contributed by atoms with van der Waals surface area (Å²) in [5.74, 6) is -1.90. The molecule has 0 radical (unpaired) electrons. The fourth-order valence-corrected chi connectivity index (χ4v) is 1.74. The molecule has 98 valence electrons. The van der Waals surface area contributed by atoms with E-state index in [4.69, 9.17) is 5.73 Å². The molecule has 0 aliphatic carbocycles. The molecular formula is C13H9BrF2N2O. The Hall–Kier alpha value is -1.95. The lowest BCUT2D eigenvalue weighted by Crippen LogP contribution is -2.14. The lowest BCUT2D eigenvalue weighted by molar-refractivity contribution is 0.102. The monoisotopic (exact) mass is 326 g/mol. The number of rotatable bonds is 2. The molecule has 3 N–H and O–H groups in total. The Kier molecular flexibility index (Phi) is 3.80. The van der Waals surface area contributed by atoms with Gasteiger partial charge in [-0.15, -0.1) is 0 Å². The van der Waals surface area contributed by atoms with Crippen LogP contribution in [-0.4, -0.2) is 5.91 Å². The average molecular weight is 327 g/mol. The number of hydrogen-bond acceptors (Lipinski definition) is 2. The number of carbonyl (C=O) groups is 1. The van der Waals surface area contributed by atoms with Crippen molar-refractivity contribution in [1.82, 2.24) is 0 Å². The zero-order valence-corrected chi connectivity index (χ0v) is 11.2. The van der Waals surface area contributed by atoms with E-state index in [1.54, 1.807) is 0 Å². The molecule has 0 aromatic heterocycles. The first kappa shape index (κ1) is 13.5. The fourth-order valence-electron chi connectivity index (χ4n) is 1.49. The van der Waals surface area contributed by atoms with Crippen LogP contribution in [-0.2, 0) is 0 Å². The van der Waals surface area contributed by atoms with Crippen LogP contribution in [0.25, 0.3) is 0 Å². The summed E-state index contributed by atoms with van der Waals surface area (Å²) < 4.78 is 27.0. The Labute approximate surface area is 116 Å². The molecule has 0 aliphatic rings. The Morgan fingerprint density at radius 3 is 2.53 bits per heavy atom. The molecule has 0 fully saturated rings. The summed E-state index contributed by atoms with van der Waals surface area (Å²) in [6.07, 6.45) is 0. The van der Waals surface area contributed by atoms with Crippen LogP contribution >= 0.6 is 15.9 Å². The summed E-state index contributed by atoms with van der Waals surface area (Å²) in [7, 11) is 0. The van der Waals surface area contributed by atoms with Crippen LogP contribution in [0.1, 0.15) is 10.4 Å². The molecule has 0 aliphatic heterocycles. The summed E-state index contributed by atoms with van der Waals surface area (Å²) in [4.78, 5) is 11.8. The third-order valence-corrected chi connectivity index (χ3v) is 3.06. The van der Waals surface area contributed by atoms with E-state index in [-0.39, 0.29) is 21.4 Å². The number of amides is 1. The SMILES string of the molecule is Nc1ccc(F)c(C(=O)Nc2ccc(Br)c(F)c2)c1. The predicted octanol–water partition coefficient (Wildman–Crippen LogP) is 3.56. The number of carbonyl (C=O) groups excluding carboxylic acids is 1. The van der Waals surface area contributed by atoms with Crippen LogP contribution < -0.4 is 11.1 Å². The van der Waals surface area contributed by atoms with Crippen LogP contribution in [0.15, 0.2) is 40.9 Å². The van der Waals surface area contributed by atoms with Crippen molar-refractivity contribution in [3.05, 3.63) is 58.1 Å². The van der Waals surface area contributed by atoms with Crippen molar-refractivity contribution in [2.45, 2.75) is 0 Å². The number of halogens is 3. The van der Waals surface area contributed by atoms with E-state index in [1.807, 2.05) is 0 Å². The van der Waals surface area contributed by atoms with Crippen LogP contribution in [0, 0.1) is 11.6 Å². The minimum Gasteiger partial charge on any atom is -0.399 e. The third-order valence-electron chi connectivity index (χ3n) is 2.41. The van der Waals surface area contributed by atoms with Gasteiger partial charge >= 0.3 is 0 Å². The summed E-state index contributed by atoms with van der Waals surface area (Å²) in [5, 5.41) is 2.40. The normalized spacial score (nSPS) is 10.3. The Balaban J connectivity index is 2.25. The first-order valence-electron chi connectivity index (χ1n) is 5.29. The first-order valence-corrected chi connectivity index (χ1v) is 6.08. The van der Waals surface area contributed by atoms with E-state index in [0.717, 1.165) is 12.1 Å². The lowest BCUT2D eigenvalue weighted by atomic mass is 10.1. The van der Waals surface area contributed by atoms with E-state index < -0.39 is 17.5 Å². The molecule has 0 spiro atoms. The second-order valence-corrected chi connectivity index (χ2v) is 4.68. The van der Waals surface area contributed by atoms with Gasteiger partial charge in [0.25, 0.3) is 5.91 Å². The molecule has 0 unspecified atom stereocenters. The smallest absolute Gasteiger partial charge is 0.258 e. The lowest BCUT2D eigenvalue weighted by Gasteiger charge is -2.07. The molecule has 0 saturated carbocycles. The van der Waals surface area contributed by atoms with Gasteiger partial charge in [-0.2, -0.15) is 0 Å². The van der Waals surface area contributed by atoms with E-state index in [9.17, 15) is 13.6 Å². The molecule has 0 heterocycles. The summed E-state index contributed by atoms with van der Waals surface area (Å²) in [6, 6.07) is 7.75. The molecule has 0 atom stereocenters. The van der Waals surface area contributed by atoms with Crippen molar-refractivity contribution in [2.75, 3.05) is 11.1 Å². The second kappa shape index (κ2) is 5.36. The topological polar surface area (TPSA) is 55.1 Å². The molecule has 2 aromatic rings. The largest absolute Gasteiger partial charge is 0.399 e. The standard InChI is InChI=1S/C13H9BrF2N2O/c14-10-3-2-8(6-12(10)16)18-13(19)9-5-7(17)1-4-11(9)15/h1-6H,17H2,(H,18,19). The van der Waals surface area contributed by atoms with Crippen LogP contribution in [0.3, 0.4) is 0 Å². The zero-order valence-electron chi connectivity index (χ0n) is 9.58. The highest BCUT2D eigenvalue weighted by molar-refractivity contribution is 9.10. The van der Waals surface area contributed by atoms with Gasteiger partial charge in [0, 0.05) is 11.4 Å². The number of benzene rings is 2. The molecule has 6 heteroatoms. The van der Waals surface area contributed by atoms with E-state index in [1.165, 1.54) is 24.3 Å². The van der Waals surface area contributed by atoms with Gasteiger partial charge in [0.05, 0.1) is 10.0 Å². The van der Waals surface area contributed by atoms with Crippen molar-refractivity contribution >= 4 is 33.2 Å². The van der Waals surface area contributed by atoms with Gasteiger partial charge in [-0.1, -0.05) is 0 Å². The summed E-state index contributed by atoms with van der Waals surface area (Å²) >= 11 is 3.00. The van der Waals surface area contributed by atoms with Gasteiger partial charge in [0.1, 0.15) is 11.6 Å². The minimum absolute atomic E-state index is 0.191. The number of hydrogen-bond donors (Lipinski definition) is 2. The van der Waals surface area contributed by atoms with Gasteiger partial charge in [-0.05, 0) is 52.3 Å². The molecule has 19 heavy (non-hydrogen) atoms. The maximum absolute atomic E-state index is 13.5. The zero-order chi connectivity index (χ0) is 14.0. The van der Waals surface area contributed by atoms with E-state index in [0.29, 0.717) is 0 Å². The minimum atomic E-state index is -0.690. The molecule has 0 saturated heterocycles. The van der Waals surface area contributed by atoms with Crippen LogP contribution in [0.5, 0.6) is 0 Å².